The molecule has 0 aliphatic carbocycles. The van der Waals surface area contributed by atoms with E-state index in [4.69, 9.17) is 16.7 Å². The van der Waals surface area contributed by atoms with Gasteiger partial charge in [0.1, 0.15) is 11.7 Å². The van der Waals surface area contributed by atoms with Crippen molar-refractivity contribution in [1.29, 1.82) is 0 Å². The molecule has 1 aliphatic heterocycles. The fourth-order valence-corrected chi connectivity index (χ4v) is 2.60. The zero-order chi connectivity index (χ0) is 16.3. The maximum atomic E-state index is 12.0. The second kappa shape index (κ2) is 8.09. The van der Waals surface area contributed by atoms with Gasteiger partial charge in [0.05, 0.1) is 11.5 Å². The van der Waals surface area contributed by atoms with E-state index in [1.165, 1.54) is 12.1 Å². The SMILES string of the molecule is Cl.O=C(CN1CCC[C@H]1C(=O)O)Nc1ccc(Cl)cc1[N+](=O)[O-]. The topological polar surface area (TPSA) is 113 Å². The van der Waals surface area contributed by atoms with Crippen LogP contribution < -0.4 is 5.32 Å². The summed E-state index contributed by atoms with van der Waals surface area (Å²) in [6.07, 6.45) is 1.19. The third kappa shape index (κ3) is 4.78. The molecular formula is C13H15Cl2N3O5. The number of hydrogen-bond donors (Lipinski definition) is 2. The lowest BCUT2D eigenvalue weighted by Crippen LogP contribution is -2.40. The maximum absolute atomic E-state index is 12.0. The van der Waals surface area contributed by atoms with Crippen LogP contribution in [0, 0.1) is 10.1 Å². The van der Waals surface area contributed by atoms with Crippen molar-refractivity contribution in [2.75, 3.05) is 18.4 Å². The van der Waals surface area contributed by atoms with Crippen molar-refractivity contribution in [3.8, 4) is 0 Å². The highest BCUT2D eigenvalue weighted by molar-refractivity contribution is 6.31. The second-order valence-electron chi connectivity index (χ2n) is 4.93. The van der Waals surface area contributed by atoms with E-state index in [9.17, 15) is 19.7 Å². The second-order valence-corrected chi connectivity index (χ2v) is 5.37. The van der Waals surface area contributed by atoms with Gasteiger partial charge in [-0.1, -0.05) is 11.6 Å². The van der Waals surface area contributed by atoms with E-state index < -0.39 is 22.8 Å². The van der Waals surface area contributed by atoms with Gasteiger partial charge >= 0.3 is 5.97 Å². The van der Waals surface area contributed by atoms with E-state index in [1.54, 1.807) is 4.90 Å². The highest BCUT2D eigenvalue weighted by Gasteiger charge is 2.31. The molecule has 2 N–H and O–H groups in total. The number of aliphatic carboxylic acids is 1. The number of carboxylic acid groups (broad SMARTS) is 1. The highest BCUT2D eigenvalue weighted by Crippen LogP contribution is 2.28. The predicted molar refractivity (Wildman–Crippen MR) is 86.2 cm³/mol. The number of nitrogens with one attached hydrogen (secondary N) is 1. The van der Waals surface area contributed by atoms with E-state index in [0.29, 0.717) is 19.4 Å². The van der Waals surface area contributed by atoms with Gasteiger partial charge in [-0.3, -0.25) is 24.6 Å². The number of amides is 1. The molecule has 23 heavy (non-hydrogen) atoms. The first kappa shape index (κ1) is 19.1. The van der Waals surface area contributed by atoms with Gasteiger partial charge in [0.25, 0.3) is 5.69 Å². The van der Waals surface area contributed by atoms with Crippen LogP contribution in [0.1, 0.15) is 12.8 Å². The number of hydrogen-bond acceptors (Lipinski definition) is 5. The largest absolute Gasteiger partial charge is 0.480 e. The van der Waals surface area contributed by atoms with Crippen LogP contribution in [0.25, 0.3) is 0 Å². The summed E-state index contributed by atoms with van der Waals surface area (Å²) in [6, 6.07) is 3.23. The van der Waals surface area contributed by atoms with Gasteiger partial charge in [-0.05, 0) is 31.5 Å². The van der Waals surface area contributed by atoms with Gasteiger partial charge in [0.15, 0.2) is 0 Å². The van der Waals surface area contributed by atoms with Gasteiger partial charge in [0.2, 0.25) is 5.91 Å². The van der Waals surface area contributed by atoms with Crippen LogP contribution in [0.4, 0.5) is 11.4 Å². The molecule has 0 spiro atoms. The summed E-state index contributed by atoms with van der Waals surface area (Å²) in [5.74, 6) is -1.47. The molecule has 1 aromatic carbocycles. The number of carbonyl (C=O) groups is 2. The van der Waals surface area contributed by atoms with Crippen LogP contribution in [-0.4, -0.2) is 45.9 Å². The number of nitro benzene ring substituents is 1. The number of halogens is 2. The van der Waals surface area contributed by atoms with Crippen LogP contribution in [0.2, 0.25) is 5.02 Å². The molecule has 1 fully saturated rings. The average molecular weight is 364 g/mol. The number of nitrogens with zero attached hydrogens (tertiary/aromatic N) is 2. The number of carbonyl (C=O) groups excluding carboxylic acids is 1. The summed E-state index contributed by atoms with van der Waals surface area (Å²) >= 11 is 5.70. The molecule has 1 atom stereocenters. The van der Waals surface area contributed by atoms with Crippen LogP contribution in [0.15, 0.2) is 18.2 Å². The standard InChI is InChI=1S/C13H14ClN3O5.ClH/c14-8-3-4-9(11(6-8)17(21)22)15-12(18)7-16-5-1-2-10(16)13(19)20;/h3-4,6,10H,1-2,5,7H2,(H,15,18)(H,19,20);1H/t10-;/m0./s1. The number of carboxylic acids is 1. The van der Waals surface area contributed by atoms with Gasteiger partial charge < -0.3 is 10.4 Å². The molecule has 2 rings (SSSR count). The highest BCUT2D eigenvalue weighted by atomic mass is 35.5. The quantitative estimate of drug-likeness (QED) is 0.612. The zero-order valence-corrected chi connectivity index (χ0v) is 13.5. The summed E-state index contributed by atoms with van der Waals surface area (Å²) in [7, 11) is 0. The number of nitro groups is 1. The molecule has 8 nitrogen and oxygen atoms in total. The van der Waals surface area contributed by atoms with Crippen molar-refractivity contribution in [2.45, 2.75) is 18.9 Å². The Kier molecular flexibility index (Phi) is 6.74. The average Bonchev–Trinajstić information content (AvgIpc) is 2.88. The van der Waals surface area contributed by atoms with Crippen molar-refractivity contribution in [3.63, 3.8) is 0 Å². The van der Waals surface area contributed by atoms with Crippen molar-refractivity contribution in [1.82, 2.24) is 4.90 Å². The third-order valence-corrected chi connectivity index (χ3v) is 3.66. The van der Waals surface area contributed by atoms with Gasteiger partial charge in [0, 0.05) is 11.1 Å². The molecule has 1 amide bonds. The Hall–Kier alpha value is -1.90. The van der Waals surface area contributed by atoms with Gasteiger partial charge in [-0.15, -0.1) is 12.4 Å². The van der Waals surface area contributed by atoms with Crippen LogP contribution in [0.5, 0.6) is 0 Å². The van der Waals surface area contributed by atoms with Crippen LogP contribution in [-0.2, 0) is 9.59 Å². The van der Waals surface area contributed by atoms with Gasteiger partial charge in [-0.2, -0.15) is 0 Å². The monoisotopic (exact) mass is 363 g/mol. The van der Waals surface area contributed by atoms with Crippen molar-refractivity contribution in [2.24, 2.45) is 0 Å². The van der Waals surface area contributed by atoms with E-state index in [2.05, 4.69) is 5.32 Å². The van der Waals surface area contributed by atoms with Crippen molar-refractivity contribution >= 4 is 47.3 Å². The first-order chi connectivity index (χ1) is 10.4. The fourth-order valence-electron chi connectivity index (χ4n) is 2.43. The Morgan fingerprint density at radius 1 is 1.48 bits per heavy atom. The number of benzene rings is 1. The minimum atomic E-state index is -0.970. The fraction of sp³-hybridized carbons (Fsp3) is 0.385. The third-order valence-electron chi connectivity index (χ3n) is 3.43. The van der Waals surface area contributed by atoms with Gasteiger partial charge in [-0.25, -0.2) is 0 Å². The van der Waals surface area contributed by atoms with Crippen molar-refractivity contribution in [3.05, 3.63) is 33.3 Å². The smallest absolute Gasteiger partial charge is 0.320 e. The van der Waals surface area contributed by atoms with E-state index in [0.717, 1.165) is 6.07 Å². The molecule has 1 saturated heterocycles. The van der Waals surface area contributed by atoms with E-state index in [1.807, 2.05) is 0 Å². The Labute approximate surface area is 143 Å². The Bertz CT molecular complexity index is 626. The lowest BCUT2D eigenvalue weighted by molar-refractivity contribution is -0.383. The summed E-state index contributed by atoms with van der Waals surface area (Å²) in [4.78, 5) is 34.9. The molecule has 1 aliphatic rings. The number of likely N-dealkylation sites (tertiary alicyclic amines) is 1. The molecule has 0 saturated carbocycles. The lowest BCUT2D eigenvalue weighted by atomic mass is 10.2. The minimum absolute atomic E-state index is 0. The first-order valence-corrected chi connectivity index (χ1v) is 6.97. The Morgan fingerprint density at radius 3 is 2.78 bits per heavy atom. The molecule has 0 bridgehead atoms. The lowest BCUT2D eigenvalue weighted by Gasteiger charge is -2.20. The number of rotatable bonds is 5. The molecular weight excluding hydrogens is 349 g/mol. The molecule has 0 unspecified atom stereocenters. The number of anilines is 1. The van der Waals surface area contributed by atoms with Crippen molar-refractivity contribution < 1.29 is 19.6 Å². The molecule has 0 aromatic heterocycles. The normalized spacial score (nSPS) is 17.3. The first-order valence-electron chi connectivity index (χ1n) is 6.59. The van der Waals surface area contributed by atoms with E-state index >= 15 is 0 Å². The Morgan fingerprint density at radius 2 is 2.17 bits per heavy atom. The maximum Gasteiger partial charge on any atom is 0.320 e. The zero-order valence-electron chi connectivity index (χ0n) is 11.9. The molecule has 126 valence electrons. The Balaban J connectivity index is 0.00000264. The summed E-state index contributed by atoms with van der Waals surface area (Å²) in [5, 5.41) is 22.6. The predicted octanol–water partition coefficient (Wildman–Crippen LogP) is 2.16. The summed E-state index contributed by atoms with van der Waals surface area (Å²) < 4.78 is 0. The van der Waals surface area contributed by atoms with Crippen LogP contribution in [0.3, 0.4) is 0 Å². The molecule has 1 aromatic rings. The minimum Gasteiger partial charge on any atom is -0.480 e. The van der Waals surface area contributed by atoms with Crippen LogP contribution >= 0.6 is 24.0 Å². The summed E-state index contributed by atoms with van der Waals surface area (Å²) in [5.41, 5.74) is -0.275. The van der Waals surface area contributed by atoms with E-state index in [-0.39, 0.29) is 35.3 Å². The molecule has 1 heterocycles. The molecule has 0 radical (unpaired) electrons. The summed E-state index contributed by atoms with van der Waals surface area (Å²) in [6.45, 7) is 0.379. The molecule has 10 heteroatoms.